The van der Waals surface area contributed by atoms with Crippen molar-refractivity contribution < 1.29 is 4.74 Å². The summed E-state index contributed by atoms with van der Waals surface area (Å²) in [6.45, 7) is 10.3. The topological polar surface area (TPSA) is 27.7 Å². The first-order chi connectivity index (χ1) is 8.25. The van der Waals surface area contributed by atoms with E-state index in [1.165, 1.54) is 45.6 Å². The highest BCUT2D eigenvalue weighted by Crippen LogP contribution is 2.15. The predicted molar refractivity (Wildman–Crippen MR) is 70.4 cm³/mol. The van der Waals surface area contributed by atoms with Crippen LogP contribution < -0.4 is 5.32 Å². The largest absolute Gasteiger partial charge is 0.377 e. The van der Waals surface area contributed by atoms with Crippen molar-refractivity contribution in [3.05, 3.63) is 0 Å². The predicted octanol–water partition coefficient (Wildman–Crippen LogP) is 0.391. The molecule has 0 aromatic heterocycles. The van der Waals surface area contributed by atoms with E-state index in [9.17, 15) is 0 Å². The molecule has 2 aliphatic rings. The fourth-order valence-corrected chi connectivity index (χ4v) is 2.65. The summed E-state index contributed by atoms with van der Waals surface area (Å²) in [5.74, 6) is 0. The maximum atomic E-state index is 5.69. The van der Waals surface area contributed by atoms with Crippen molar-refractivity contribution in [3.8, 4) is 0 Å². The van der Waals surface area contributed by atoms with Crippen molar-refractivity contribution in [2.75, 3.05) is 52.9 Å². The average Bonchev–Trinajstić information content (AvgIpc) is 2.85. The van der Waals surface area contributed by atoms with Crippen LogP contribution in [0.3, 0.4) is 0 Å². The van der Waals surface area contributed by atoms with Crippen LogP contribution in [0.2, 0.25) is 0 Å². The average molecular weight is 241 g/mol. The molecule has 0 amide bonds. The van der Waals surface area contributed by atoms with Gasteiger partial charge in [0.1, 0.15) is 0 Å². The van der Waals surface area contributed by atoms with Gasteiger partial charge < -0.3 is 15.0 Å². The third-order valence-electron chi connectivity index (χ3n) is 4.01. The number of likely N-dealkylation sites (N-methyl/N-ethyl adjacent to an activating group) is 1. The monoisotopic (exact) mass is 241 g/mol. The van der Waals surface area contributed by atoms with Gasteiger partial charge in [0.05, 0.1) is 6.10 Å². The van der Waals surface area contributed by atoms with Gasteiger partial charge in [-0.3, -0.25) is 4.90 Å². The summed E-state index contributed by atoms with van der Waals surface area (Å²) >= 11 is 0. The van der Waals surface area contributed by atoms with Crippen molar-refractivity contribution in [2.45, 2.75) is 31.9 Å². The Morgan fingerprint density at radius 1 is 1.29 bits per heavy atom. The molecule has 0 aromatic carbocycles. The van der Waals surface area contributed by atoms with Crippen LogP contribution >= 0.6 is 0 Å². The van der Waals surface area contributed by atoms with Gasteiger partial charge in [-0.15, -0.1) is 0 Å². The van der Waals surface area contributed by atoms with Gasteiger partial charge in [0.15, 0.2) is 0 Å². The molecule has 2 heterocycles. The van der Waals surface area contributed by atoms with Gasteiger partial charge in [-0.2, -0.15) is 0 Å². The van der Waals surface area contributed by atoms with E-state index in [1.54, 1.807) is 0 Å². The molecule has 4 heteroatoms. The van der Waals surface area contributed by atoms with E-state index in [1.807, 2.05) is 0 Å². The van der Waals surface area contributed by atoms with Crippen LogP contribution in [0.5, 0.6) is 0 Å². The molecule has 1 N–H and O–H groups in total. The Morgan fingerprint density at radius 2 is 2.06 bits per heavy atom. The third-order valence-corrected chi connectivity index (χ3v) is 4.01. The minimum atomic E-state index is 0.447. The van der Waals surface area contributed by atoms with Crippen molar-refractivity contribution in [1.29, 1.82) is 0 Å². The highest BCUT2D eigenvalue weighted by atomic mass is 16.5. The Bertz CT molecular complexity index is 211. The second kappa shape index (κ2) is 6.69. The van der Waals surface area contributed by atoms with Crippen LogP contribution in [-0.2, 0) is 4.74 Å². The van der Waals surface area contributed by atoms with Gasteiger partial charge in [0, 0.05) is 51.9 Å². The number of nitrogens with zero attached hydrogens (tertiary/aromatic N) is 2. The lowest BCUT2D eigenvalue weighted by Crippen LogP contribution is -2.48. The normalized spacial score (nSPS) is 29.6. The van der Waals surface area contributed by atoms with Gasteiger partial charge in [0.2, 0.25) is 0 Å². The van der Waals surface area contributed by atoms with Crippen LogP contribution in [-0.4, -0.2) is 74.9 Å². The number of hydrogen-bond acceptors (Lipinski definition) is 4. The van der Waals surface area contributed by atoms with Crippen molar-refractivity contribution in [3.63, 3.8) is 0 Å². The molecule has 100 valence electrons. The molecule has 2 rings (SSSR count). The van der Waals surface area contributed by atoms with Crippen molar-refractivity contribution in [1.82, 2.24) is 15.1 Å². The Morgan fingerprint density at radius 3 is 2.71 bits per heavy atom. The molecule has 0 aliphatic carbocycles. The van der Waals surface area contributed by atoms with E-state index < -0.39 is 0 Å². The van der Waals surface area contributed by atoms with Crippen LogP contribution in [0.4, 0.5) is 0 Å². The standard InChI is InChI=1S/C13H27N3O/c1-12(13-4-3-11-17-13)14-5-6-16-9-7-15(2)8-10-16/h12-14H,3-11H2,1-2H3. The molecule has 0 bridgehead atoms. The van der Waals surface area contributed by atoms with E-state index in [2.05, 4.69) is 29.1 Å². The highest BCUT2D eigenvalue weighted by molar-refractivity contribution is 4.77. The molecular weight excluding hydrogens is 214 g/mol. The quantitative estimate of drug-likeness (QED) is 0.754. The molecular formula is C13H27N3O. The number of piperazine rings is 1. The van der Waals surface area contributed by atoms with E-state index in [4.69, 9.17) is 4.74 Å². The molecule has 4 nitrogen and oxygen atoms in total. The fourth-order valence-electron chi connectivity index (χ4n) is 2.65. The fraction of sp³-hybridized carbons (Fsp3) is 1.00. The van der Waals surface area contributed by atoms with E-state index in [-0.39, 0.29) is 0 Å². The molecule has 0 aromatic rings. The van der Waals surface area contributed by atoms with E-state index >= 15 is 0 Å². The van der Waals surface area contributed by atoms with Crippen LogP contribution in [0.25, 0.3) is 0 Å². The maximum Gasteiger partial charge on any atom is 0.0726 e. The Balaban J connectivity index is 1.56. The summed E-state index contributed by atoms with van der Waals surface area (Å²) in [6, 6.07) is 0.505. The SMILES string of the molecule is CC(NCCN1CCN(C)CC1)C1CCCO1. The smallest absolute Gasteiger partial charge is 0.0726 e. The zero-order valence-corrected chi connectivity index (χ0v) is 11.3. The number of nitrogens with one attached hydrogen (secondary N) is 1. The summed E-state index contributed by atoms with van der Waals surface area (Å²) < 4.78 is 5.69. The zero-order valence-electron chi connectivity index (χ0n) is 11.3. The summed E-state index contributed by atoms with van der Waals surface area (Å²) in [6.07, 6.45) is 2.90. The van der Waals surface area contributed by atoms with Crippen LogP contribution in [0, 0.1) is 0 Å². The lowest BCUT2D eigenvalue weighted by Gasteiger charge is -2.32. The number of ether oxygens (including phenoxy) is 1. The molecule has 0 spiro atoms. The minimum absolute atomic E-state index is 0.447. The molecule has 2 unspecified atom stereocenters. The zero-order chi connectivity index (χ0) is 12.1. The maximum absolute atomic E-state index is 5.69. The first-order valence-electron chi connectivity index (χ1n) is 7.01. The molecule has 2 saturated heterocycles. The first-order valence-corrected chi connectivity index (χ1v) is 7.01. The summed E-state index contributed by atoms with van der Waals surface area (Å²) in [5, 5.41) is 3.60. The van der Waals surface area contributed by atoms with E-state index in [0.29, 0.717) is 12.1 Å². The first kappa shape index (κ1) is 13.3. The van der Waals surface area contributed by atoms with Gasteiger partial charge in [-0.05, 0) is 26.8 Å². The molecule has 0 saturated carbocycles. The van der Waals surface area contributed by atoms with E-state index in [0.717, 1.165) is 13.2 Å². The molecule has 17 heavy (non-hydrogen) atoms. The summed E-state index contributed by atoms with van der Waals surface area (Å²) in [4.78, 5) is 4.95. The second-order valence-electron chi connectivity index (χ2n) is 5.44. The molecule has 2 atom stereocenters. The van der Waals surface area contributed by atoms with Crippen molar-refractivity contribution >= 4 is 0 Å². The van der Waals surface area contributed by atoms with Gasteiger partial charge >= 0.3 is 0 Å². The van der Waals surface area contributed by atoms with Crippen molar-refractivity contribution in [2.24, 2.45) is 0 Å². The number of hydrogen-bond donors (Lipinski definition) is 1. The Labute approximate surface area is 105 Å². The second-order valence-corrected chi connectivity index (χ2v) is 5.44. The number of rotatable bonds is 5. The lowest BCUT2D eigenvalue weighted by molar-refractivity contribution is 0.0813. The minimum Gasteiger partial charge on any atom is -0.377 e. The van der Waals surface area contributed by atoms with Gasteiger partial charge in [-0.25, -0.2) is 0 Å². The Hall–Kier alpha value is -0.160. The summed E-state index contributed by atoms with van der Waals surface area (Å²) in [5.41, 5.74) is 0. The molecule has 0 radical (unpaired) electrons. The molecule has 2 aliphatic heterocycles. The van der Waals surface area contributed by atoms with Gasteiger partial charge in [0.25, 0.3) is 0 Å². The van der Waals surface area contributed by atoms with Gasteiger partial charge in [-0.1, -0.05) is 0 Å². The highest BCUT2D eigenvalue weighted by Gasteiger charge is 2.22. The van der Waals surface area contributed by atoms with Crippen LogP contribution in [0.1, 0.15) is 19.8 Å². The lowest BCUT2D eigenvalue weighted by atomic mass is 10.1. The molecule has 2 fully saturated rings. The van der Waals surface area contributed by atoms with Crippen LogP contribution in [0.15, 0.2) is 0 Å². The third kappa shape index (κ3) is 4.21. The summed E-state index contributed by atoms with van der Waals surface area (Å²) in [7, 11) is 2.20. The Kier molecular flexibility index (Phi) is 5.22.